The largest absolute Gasteiger partial charge is 0.462 e. The Hall–Kier alpha value is -1.14. The van der Waals surface area contributed by atoms with E-state index in [2.05, 4.69) is 0 Å². The van der Waals surface area contributed by atoms with E-state index in [1.165, 1.54) is 0 Å². The fourth-order valence-corrected chi connectivity index (χ4v) is 2.51. The van der Waals surface area contributed by atoms with Crippen LogP contribution in [0.25, 0.3) is 0 Å². The lowest BCUT2D eigenvalue weighted by Gasteiger charge is -2.18. The van der Waals surface area contributed by atoms with Crippen LogP contribution in [-0.4, -0.2) is 49.6 Å². The first-order chi connectivity index (χ1) is 9.60. The smallest absolute Gasteiger partial charge is 0.309 e. The molecular weight excluding hydrogens is 264 g/mol. The van der Waals surface area contributed by atoms with Crippen LogP contribution in [0.2, 0.25) is 0 Å². The van der Waals surface area contributed by atoms with Crippen molar-refractivity contribution in [2.24, 2.45) is 0 Å². The Morgan fingerprint density at radius 1 is 1.30 bits per heavy atom. The molecule has 0 spiro atoms. The van der Waals surface area contributed by atoms with E-state index in [1.54, 1.807) is 6.92 Å². The molecule has 0 N–H and O–H groups in total. The van der Waals surface area contributed by atoms with Crippen LogP contribution in [0.5, 0.6) is 0 Å². The number of ether oxygens (including phenoxy) is 4. The van der Waals surface area contributed by atoms with E-state index in [-0.39, 0.29) is 36.7 Å². The molecule has 0 aromatic carbocycles. The summed E-state index contributed by atoms with van der Waals surface area (Å²) in [5, 5.41) is 0. The topological polar surface area (TPSA) is 71.1 Å². The van der Waals surface area contributed by atoms with Gasteiger partial charge in [0.1, 0.15) is 12.2 Å². The van der Waals surface area contributed by atoms with Crippen molar-refractivity contribution in [1.29, 1.82) is 0 Å². The van der Waals surface area contributed by atoms with E-state index in [1.807, 2.05) is 6.92 Å². The summed E-state index contributed by atoms with van der Waals surface area (Å²) in [5.74, 6) is -0.664. The van der Waals surface area contributed by atoms with E-state index >= 15 is 0 Å². The van der Waals surface area contributed by atoms with Gasteiger partial charge in [0.05, 0.1) is 19.1 Å². The van der Waals surface area contributed by atoms with Gasteiger partial charge in [0, 0.05) is 13.0 Å². The SMILES string of the molecule is CCCC(=O)O[C@H](C)CC(=O)O[C@@H]1CO[C@@H]2CCO[C@H]21. The van der Waals surface area contributed by atoms with Crippen molar-refractivity contribution in [3.63, 3.8) is 0 Å². The lowest BCUT2D eigenvalue weighted by molar-refractivity contribution is -0.160. The van der Waals surface area contributed by atoms with Gasteiger partial charge >= 0.3 is 11.9 Å². The van der Waals surface area contributed by atoms with Gasteiger partial charge in [-0.05, 0) is 19.8 Å². The zero-order chi connectivity index (χ0) is 14.5. The molecule has 6 heteroatoms. The predicted molar refractivity (Wildman–Crippen MR) is 69.1 cm³/mol. The summed E-state index contributed by atoms with van der Waals surface area (Å²) < 4.78 is 21.5. The van der Waals surface area contributed by atoms with Crippen LogP contribution in [0.1, 0.15) is 39.5 Å². The van der Waals surface area contributed by atoms with Gasteiger partial charge in [-0.15, -0.1) is 0 Å². The second kappa shape index (κ2) is 7.04. The molecule has 20 heavy (non-hydrogen) atoms. The van der Waals surface area contributed by atoms with Crippen molar-refractivity contribution in [2.75, 3.05) is 13.2 Å². The van der Waals surface area contributed by atoms with E-state index in [0.717, 1.165) is 12.8 Å². The minimum Gasteiger partial charge on any atom is -0.462 e. The van der Waals surface area contributed by atoms with Crippen LogP contribution >= 0.6 is 0 Å². The van der Waals surface area contributed by atoms with Crippen molar-refractivity contribution in [3.05, 3.63) is 0 Å². The van der Waals surface area contributed by atoms with Crippen molar-refractivity contribution in [2.45, 2.75) is 63.9 Å². The van der Waals surface area contributed by atoms with Gasteiger partial charge in [-0.25, -0.2) is 0 Å². The first-order valence-electron chi connectivity index (χ1n) is 7.22. The quantitative estimate of drug-likeness (QED) is 0.683. The lowest BCUT2D eigenvalue weighted by atomic mass is 10.1. The molecule has 0 aliphatic carbocycles. The van der Waals surface area contributed by atoms with Gasteiger partial charge in [-0.3, -0.25) is 9.59 Å². The normalized spacial score (nSPS) is 29.8. The van der Waals surface area contributed by atoms with Crippen LogP contribution in [-0.2, 0) is 28.5 Å². The van der Waals surface area contributed by atoms with Crippen LogP contribution < -0.4 is 0 Å². The molecule has 0 aromatic rings. The van der Waals surface area contributed by atoms with Gasteiger partial charge in [-0.2, -0.15) is 0 Å². The molecule has 6 nitrogen and oxygen atoms in total. The summed E-state index contributed by atoms with van der Waals surface area (Å²) in [5.41, 5.74) is 0. The molecule has 2 aliphatic rings. The van der Waals surface area contributed by atoms with Gasteiger partial charge in [0.25, 0.3) is 0 Å². The number of carbonyl (C=O) groups is 2. The summed E-state index contributed by atoms with van der Waals surface area (Å²) in [6, 6.07) is 0. The molecule has 0 unspecified atom stereocenters. The highest BCUT2D eigenvalue weighted by Crippen LogP contribution is 2.28. The van der Waals surface area contributed by atoms with E-state index < -0.39 is 6.10 Å². The molecule has 0 amide bonds. The first kappa shape index (κ1) is 15.3. The second-order valence-electron chi connectivity index (χ2n) is 5.28. The molecular formula is C14H22O6. The number of hydrogen-bond donors (Lipinski definition) is 0. The number of hydrogen-bond acceptors (Lipinski definition) is 6. The number of carbonyl (C=O) groups excluding carboxylic acids is 2. The van der Waals surface area contributed by atoms with Crippen LogP contribution in [0.15, 0.2) is 0 Å². The van der Waals surface area contributed by atoms with E-state index in [4.69, 9.17) is 18.9 Å². The molecule has 2 saturated heterocycles. The summed E-state index contributed by atoms with van der Waals surface area (Å²) >= 11 is 0. The fourth-order valence-electron chi connectivity index (χ4n) is 2.51. The van der Waals surface area contributed by atoms with Gasteiger partial charge < -0.3 is 18.9 Å². The molecule has 0 aromatic heterocycles. The summed E-state index contributed by atoms with van der Waals surface area (Å²) in [7, 11) is 0. The van der Waals surface area contributed by atoms with Crippen LogP contribution in [0.4, 0.5) is 0 Å². The third kappa shape index (κ3) is 3.93. The fraction of sp³-hybridized carbons (Fsp3) is 0.857. The average Bonchev–Trinajstić information content (AvgIpc) is 2.94. The summed E-state index contributed by atoms with van der Waals surface area (Å²) in [6.45, 7) is 4.62. The monoisotopic (exact) mass is 286 g/mol. The van der Waals surface area contributed by atoms with Crippen LogP contribution in [0, 0.1) is 0 Å². The lowest BCUT2D eigenvalue weighted by Crippen LogP contribution is -2.33. The van der Waals surface area contributed by atoms with Crippen LogP contribution in [0.3, 0.4) is 0 Å². The van der Waals surface area contributed by atoms with E-state index in [9.17, 15) is 9.59 Å². The molecule has 2 fully saturated rings. The Morgan fingerprint density at radius 2 is 2.10 bits per heavy atom. The predicted octanol–water partition coefficient (Wildman–Crippen LogP) is 1.21. The molecule has 4 atom stereocenters. The summed E-state index contributed by atoms with van der Waals surface area (Å²) in [6.07, 6.45) is 1.11. The Bertz CT molecular complexity index is 356. The van der Waals surface area contributed by atoms with Crippen molar-refractivity contribution >= 4 is 11.9 Å². The number of esters is 2. The maximum Gasteiger partial charge on any atom is 0.309 e. The Morgan fingerprint density at radius 3 is 2.85 bits per heavy atom. The Kier molecular flexibility index (Phi) is 5.37. The van der Waals surface area contributed by atoms with Crippen molar-refractivity contribution < 1.29 is 28.5 Å². The third-order valence-corrected chi connectivity index (χ3v) is 3.44. The standard InChI is InChI=1S/C14H22O6/c1-3-4-12(15)19-9(2)7-13(16)20-11-8-18-10-5-6-17-14(10)11/h9-11,14H,3-8H2,1-2H3/t9-,10-,11-,14-/m1/s1. The highest BCUT2D eigenvalue weighted by atomic mass is 16.6. The number of rotatable bonds is 6. The van der Waals surface area contributed by atoms with Gasteiger partial charge in [-0.1, -0.05) is 6.92 Å². The zero-order valence-electron chi connectivity index (χ0n) is 12.0. The van der Waals surface area contributed by atoms with Gasteiger partial charge in [0.15, 0.2) is 6.10 Å². The zero-order valence-corrected chi connectivity index (χ0v) is 12.0. The average molecular weight is 286 g/mol. The molecule has 2 heterocycles. The molecule has 0 bridgehead atoms. The second-order valence-corrected chi connectivity index (χ2v) is 5.28. The highest BCUT2D eigenvalue weighted by molar-refractivity contribution is 5.72. The molecule has 114 valence electrons. The van der Waals surface area contributed by atoms with E-state index in [0.29, 0.717) is 19.6 Å². The minimum absolute atomic E-state index is 0.0487. The Labute approximate surface area is 118 Å². The molecule has 2 rings (SSSR count). The minimum atomic E-state index is -0.468. The maximum absolute atomic E-state index is 11.8. The maximum atomic E-state index is 11.8. The highest BCUT2D eigenvalue weighted by Gasteiger charge is 2.44. The Balaban J connectivity index is 1.71. The van der Waals surface area contributed by atoms with Crippen molar-refractivity contribution in [1.82, 2.24) is 0 Å². The molecule has 0 radical (unpaired) electrons. The third-order valence-electron chi connectivity index (χ3n) is 3.44. The van der Waals surface area contributed by atoms with Gasteiger partial charge in [0.2, 0.25) is 0 Å². The molecule has 2 aliphatic heterocycles. The number of fused-ring (bicyclic) bond motifs is 1. The molecule has 0 saturated carbocycles. The van der Waals surface area contributed by atoms with Crippen molar-refractivity contribution in [3.8, 4) is 0 Å². The summed E-state index contributed by atoms with van der Waals surface area (Å²) in [4.78, 5) is 23.1. The first-order valence-corrected chi connectivity index (χ1v) is 7.22.